The summed E-state index contributed by atoms with van der Waals surface area (Å²) in [5.41, 5.74) is 0.446. The van der Waals surface area contributed by atoms with E-state index in [1.807, 2.05) is 0 Å². The molecule has 0 fully saturated rings. The van der Waals surface area contributed by atoms with Crippen LogP contribution in [0.1, 0.15) is 24.2 Å². The van der Waals surface area contributed by atoms with E-state index in [0.717, 1.165) is 0 Å². The van der Waals surface area contributed by atoms with E-state index < -0.39 is 20.6 Å². The lowest BCUT2D eigenvalue weighted by Crippen LogP contribution is -2.43. The molecule has 0 atom stereocenters. The Morgan fingerprint density at radius 3 is 2.65 bits per heavy atom. The van der Waals surface area contributed by atoms with E-state index in [1.165, 1.54) is 18.2 Å². The number of sulfone groups is 1. The molecular weight excluding hydrogens is 242 g/mol. The molecule has 0 unspecified atom stereocenters. The SMILES string of the molecule is CC1(C)CNc2ccc(C(=O)O)cc2S1(=O)=O. The molecule has 5 nitrogen and oxygen atoms in total. The molecule has 1 heterocycles. The maximum Gasteiger partial charge on any atom is 0.335 e. The van der Waals surface area contributed by atoms with Gasteiger partial charge in [0.2, 0.25) is 0 Å². The van der Waals surface area contributed by atoms with Crippen LogP contribution in [-0.4, -0.2) is 30.8 Å². The number of aromatic carboxylic acids is 1. The number of carboxylic acid groups (broad SMARTS) is 1. The smallest absolute Gasteiger partial charge is 0.335 e. The Hall–Kier alpha value is -1.56. The first-order valence-electron chi connectivity index (χ1n) is 5.11. The van der Waals surface area contributed by atoms with Crippen molar-refractivity contribution >= 4 is 21.5 Å². The minimum atomic E-state index is -3.50. The van der Waals surface area contributed by atoms with Crippen LogP contribution in [-0.2, 0) is 9.84 Å². The molecule has 92 valence electrons. The number of nitrogens with one attached hydrogen (secondary N) is 1. The van der Waals surface area contributed by atoms with Gasteiger partial charge in [-0.3, -0.25) is 0 Å². The van der Waals surface area contributed by atoms with Gasteiger partial charge in [0.15, 0.2) is 9.84 Å². The van der Waals surface area contributed by atoms with Crippen LogP contribution in [0.4, 0.5) is 5.69 Å². The molecule has 1 aliphatic heterocycles. The maximum atomic E-state index is 12.3. The van der Waals surface area contributed by atoms with Crippen molar-refractivity contribution in [3.05, 3.63) is 23.8 Å². The number of hydrogen-bond donors (Lipinski definition) is 2. The van der Waals surface area contributed by atoms with Gasteiger partial charge in [0, 0.05) is 6.54 Å². The molecule has 2 rings (SSSR count). The number of carbonyl (C=O) groups is 1. The third-order valence-corrected chi connectivity index (χ3v) is 5.47. The number of hydrogen-bond acceptors (Lipinski definition) is 4. The Labute approximate surface area is 99.4 Å². The molecular formula is C11H13NO4S. The van der Waals surface area contributed by atoms with Crippen LogP contribution in [0.3, 0.4) is 0 Å². The summed E-state index contributed by atoms with van der Waals surface area (Å²) in [6.07, 6.45) is 0. The highest BCUT2D eigenvalue weighted by Gasteiger charge is 2.40. The highest BCUT2D eigenvalue weighted by atomic mass is 32.2. The van der Waals surface area contributed by atoms with Gasteiger partial charge in [-0.1, -0.05) is 0 Å². The van der Waals surface area contributed by atoms with Gasteiger partial charge in [-0.2, -0.15) is 0 Å². The van der Waals surface area contributed by atoms with Crippen LogP contribution < -0.4 is 5.32 Å². The average Bonchev–Trinajstić information content (AvgIpc) is 2.24. The third kappa shape index (κ3) is 1.68. The standard InChI is InChI=1S/C11H13NO4S/c1-11(2)6-12-8-4-3-7(10(13)14)5-9(8)17(11,15)16/h3-5,12H,6H2,1-2H3,(H,13,14). The summed E-state index contributed by atoms with van der Waals surface area (Å²) >= 11 is 0. The van der Waals surface area contributed by atoms with Crippen LogP contribution >= 0.6 is 0 Å². The van der Waals surface area contributed by atoms with Crippen molar-refractivity contribution in [2.45, 2.75) is 23.5 Å². The van der Waals surface area contributed by atoms with Gasteiger partial charge >= 0.3 is 5.97 Å². The average molecular weight is 255 g/mol. The summed E-state index contributed by atoms with van der Waals surface area (Å²) in [7, 11) is -3.50. The molecule has 2 N–H and O–H groups in total. The quantitative estimate of drug-likeness (QED) is 0.791. The van der Waals surface area contributed by atoms with Crippen LogP contribution in [0.2, 0.25) is 0 Å². The number of fused-ring (bicyclic) bond motifs is 1. The van der Waals surface area contributed by atoms with Gasteiger partial charge in [0.1, 0.15) is 0 Å². The van der Waals surface area contributed by atoms with Crippen molar-refractivity contribution in [2.75, 3.05) is 11.9 Å². The highest BCUT2D eigenvalue weighted by Crippen LogP contribution is 2.35. The monoisotopic (exact) mass is 255 g/mol. The van der Waals surface area contributed by atoms with Gasteiger partial charge in [0.05, 0.1) is 20.9 Å². The normalized spacial score (nSPS) is 20.1. The topological polar surface area (TPSA) is 83.5 Å². The molecule has 0 aliphatic carbocycles. The van der Waals surface area contributed by atoms with Crippen molar-refractivity contribution in [1.82, 2.24) is 0 Å². The second kappa shape index (κ2) is 3.46. The molecule has 0 radical (unpaired) electrons. The minimum Gasteiger partial charge on any atom is -0.478 e. The largest absolute Gasteiger partial charge is 0.478 e. The van der Waals surface area contributed by atoms with Gasteiger partial charge in [-0.15, -0.1) is 0 Å². The van der Waals surface area contributed by atoms with Crippen LogP contribution in [0.15, 0.2) is 23.1 Å². The second-order valence-corrected chi connectivity index (χ2v) is 7.18. The van der Waals surface area contributed by atoms with E-state index in [0.29, 0.717) is 12.2 Å². The van der Waals surface area contributed by atoms with Crippen molar-refractivity contribution in [3.63, 3.8) is 0 Å². The molecule has 0 aromatic heterocycles. The fourth-order valence-electron chi connectivity index (χ4n) is 1.72. The van der Waals surface area contributed by atoms with Crippen molar-refractivity contribution in [3.8, 4) is 0 Å². The summed E-state index contributed by atoms with van der Waals surface area (Å²) in [6.45, 7) is 3.55. The van der Waals surface area contributed by atoms with Crippen molar-refractivity contribution in [2.24, 2.45) is 0 Å². The fraction of sp³-hybridized carbons (Fsp3) is 0.364. The Morgan fingerprint density at radius 2 is 2.06 bits per heavy atom. The molecule has 1 aromatic rings. The first-order valence-corrected chi connectivity index (χ1v) is 6.60. The summed E-state index contributed by atoms with van der Waals surface area (Å²) in [6, 6.07) is 4.09. The first-order chi connectivity index (χ1) is 7.75. The molecule has 17 heavy (non-hydrogen) atoms. The second-order valence-electron chi connectivity index (χ2n) is 4.63. The number of anilines is 1. The molecule has 0 saturated heterocycles. The van der Waals surface area contributed by atoms with E-state index in [1.54, 1.807) is 13.8 Å². The van der Waals surface area contributed by atoms with E-state index in [-0.39, 0.29) is 10.5 Å². The maximum absolute atomic E-state index is 12.3. The van der Waals surface area contributed by atoms with E-state index in [4.69, 9.17) is 5.11 Å². The predicted octanol–water partition coefficient (Wildman–Crippen LogP) is 1.36. The van der Waals surface area contributed by atoms with E-state index in [9.17, 15) is 13.2 Å². The van der Waals surface area contributed by atoms with Gasteiger partial charge in [-0.25, -0.2) is 13.2 Å². The predicted molar refractivity (Wildman–Crippen MR) is 63.2 cm³/mol. The lowest BCUT2D eigenvalue weighted by molar-refractivity contribution is 0.0696. The third-order valence-electron chi connectivity index (χ3n) is 2.95. The molecule has 1 aliphatic rings. The van der Waals surface area contributed by atoms with Crippen molar-refractivity contribution in [1.29, 1.82) is 0 Å². The zero-order valence-electron chi connectivity index (χ0n) is 9.52. The lowest BCUT2D eigenvalue weighted by Gasteiger charge is -2.32. The minimum absolute atomic E-state index is 0.0215. The molecule has 1 aromatic carbocycles. The summed E-state index contributed by atoms with van der Waals surface area (Å²) < 4.78 is 23.6. The van der Waals surface area contributed by atoms with E-state index >= 15 is 0 Å². The van der Waals surface area contributed by atoms with Crippen molar-refractivity contribution < 1.29 is 18.3 Å². The Kier molecular flexibility index (Phi) is 2.43. The number of carboxylic acids is 1. The summed E-state index contributed by atoms with van der Waals surface area (Å²) in [5, 5.41) is 11.9. The molecule has 0 bridgehead atoms. The summed E-state index contributed by atoms with van der Waals surface area (Å²) in [5.74, 6) is -1.13. The Bertz CT molecular complexity index is 589. The lowest BCUT2D eigenvalue weighted by atomic mass is 10.1. The van der Waals surface area contributed by atoms with Crippen LogP contribution in [0.25, 0.3) is 0 Å². The Morgan fingerprint density at radius 1 is 1.41 bits per heavy atom. The number of benzene rings is 1. The fourth-order valence-corrected chi connectivity index (χ4v) is 3.29. The zero-order chi connectivity index (χ0) is 12.8. The molecule has 0 amide bonds. The Balaban J connectivity index is 2.69. The van der Waals surface area contributed by atoms with E-state index in [2.05, 4.69) is 5.32 Å². The zero-order valence-corrected chi connectivity index (χ0v) is 10.3. The van der Waals surface area contributed by atoms with Gasteiger partial charge in [-0.05, 0) is 32.0 Å². The molecule has 0 saturated carbocycles. The molecule has 6 heteroatoms. The number of rotatable bonds is 1. The highest BCUT2D eigenvalue weighted by molar-refractivity contribution is 7.93. The summed E-state index contributed by atoms with van der Waals surface area (Å²) in [4.78, 5) is 10.9. The van der Waals surface area contributed by atoms with Gasteiger partial charge < -0.3 is 10.4 Å². The molecule has 0 spiro atoms. The first kappa shape index (κ1) is 11.9. The van der Waals surface area contributed by atoms with Crippen LogP contribution in [0.5, 0.6) is 0 Å². The van der Waals surface area contributed by atoms with Gasteiger partial charge in [0.25, 0.3) is 0 Å². The van der Waals surface area contributed by atoms with Crippen LogP contribution in [0, 0.1) is 0 Å².